The summed E-state index contributed by atoms with van der Waals surface area (Å²) in [6.07, 6.45) is 0. The molecule has 0 aliphatic carbocycles. The van der Waals surface area contributed by atoms with Gasteiger partial charge >= 0.3 is 0 Å². The number of benzene rings is 8. The van der Waals surface area contributed by atoms with Crippen LogP contribution in [0.1, 0.15) is 4.11 Å². The molecule has 0 atom stereocenters. The Labute approximate surface area is 253 Å². The Morgan fingerprint density at radius 3 is 1.74 bits per heavy atom. The third-order valence-corrected chi connectivity index (χ3v) is 8.56. The van der Waals surface area contributed by atoms with Gasteiger partial charge in [0.05, 0.1) is 4.11 Å². The molecule has 200 valence electrons. The summed E-state index contributed by atoms with van der Waals surface area (Å²) in [6.45, 7) is 0. The van der Waals surface area contributed by atoms with Crippen molar-refractivity contribution in [2.24, 2.45) is 0 Å². The smallest absolute Gasteiger partial charge is 0.136 e. The van der Waals surface area contributed by atoms with Crippen LogP contribution in [0.2, 0.25) is 0 Å². The van der Waals surface area contributed by atoms with Crippen LogP contribution >= 0.6 is 0 Å². The van der Waals surface area contributed by atoms with Crippen LogP contribution in [-0.4, -0.2) is 0 Å². The largest absolute Gasteiger partial charge is 0.456 e. The zero-order valence-corrected chi connectivity index (χ0v) is 23.2. The third kappa shape index (κ3) is 3.72. The molecule has 1 heterocycles. The second-order valence-electron chi connectivity index (χ2n) is 11.0. The molecular formula is C42H26O. The zero-order valence-electron chi connectivity index (χ0n) is 26.2. The molecule has 1 nitrogen and oxygen atoms in total. The number of hydrogen-bond donors (Lipinski definition) is 0. The van der Waals surface area contributed by atoms with Crippen LogP contribution in [0, 0.1) is 0 Å². The van der Waals surface area contributed by atoms with Crippen LogP contribution in [0.5, 0.6) is 0 Å². The second kappa shape index (κ2) is 9.44. The van der Waals surface area contributed by atoms with Gasteiger partial charge in [0, 0.05) is 10.8 Å². The van der Waals surface area contributed by atoms with Gasteiger partial charge in [-0.05, 0) is 89.9 Å². The van der Waals surface area contributed by atoms with E-state index in [1.165, 1.54) is 0 Å². The quantitative estimate of drug-likeness (QED) is 0.200. The van der Waals surface area contributed by atoms with Gasteiger partial charge in [0.1, 0.15) is 11.2 Å². The van der Waals surface area contributed by atoms with Crippen molar-refractivity contribution in [2.75, 3.05) is 0 Å². The predicted octanol–water partition coefficient (Wildman–Crippen LogP) is 12.0. The number of hydrogen-bond acceptors (Lipinski definition) is 1. The van der Waals surface area contributed by atoms with E-state index >= 15 is 0 Å². The maximum absolute atomic E-state index is 9.46. The van der Waals surface area contributed by atoms with Crippen molar-refractivity contribution < 1.29 is 8.53 Å². The molecule has 0 bridgehead atoms. The van der Waals surface area contributed by atoms with Crippen LogP contribution in [0.4, 0.5) is 0 Å². The molecule has 0 N–H and O–H groups in total. The zero-order chi connectivity index (χ0) is 30.9. The average Bonchev–Trinajstić information content (AvgIpc) is 3.45. The molecule has 8 aromatic carbocycles. The standard InChI is InChI=1S/C42H26O/c1-2-12-27(13-3-1)28-16-10-17-31(24-28)40-32-18-6-8-20-34(32)41(35-21-9-7-19-33(35)40)36-22-11-23-38-42(36)37-25-29-14-4-5-15-30(29)26-39(37)43-38/h1-26H/i16D,17D,24D. The van der Waals surface area contributed by atoms with Crippen molar-refractivity contribution in [3.05, 3.63) is 158 Å². The Morgan fingerprint density at radius 1 is 0.419 bits per heavy atom. The van der Waals surface area contributed by atoms with Gasteiger partial charge in [-0.1, -0.05) is 133 Å². The summed E-state index contributed by atoms with van der Waals surface area (Å²) in [6, 6.07) is 47.4. The van der Waals surface area contributed by atoms with Gasteiger partial charge in [-0.2, -0.15) is 0 Å². The van der Waals surface area contributed by atoms with Crippen molar-refractivity contribution in [1.82, 2.24) is 0 Å². The Morgan fingerprint density at radius 2 is 1.02 bits per heavy atom. The molecule has 43 heavy (non-hydrogen) atoms. The van der Waals surface area contributed by atoms with E-state index in [2.05, 4.69) is 78.9 Å². The summed E-state index contributed by atoms with van der Waals surface area (Å²) in [5.41, 5.74) is 6.57. The Hall–Kier alpha value is -5.66. The average molecular weight is 550 g/mol. The lowest BCUT2D eigenvalue weighted by Gasteiger charge is -2.18. The summed E-state index contributed by atoms with van der Waals surface area (Å²) in [4.78, 5) is 0. The number of rotatable bonds is 3. The molecular weight excluding hydrogens is 520 g/mol. The first-order chi connectivity index (χ1) is 22.6. The fourth-order valence-electron chi connectivity index (χ4n) is 6.68. The van der Waals surface area contributed by atoms with Crippen molar-refractivity contribution in [3.8, 4) is 33.4 Å². The molecule has 0 aliphatic rings. The van der Waals surface area contributed by atoms with Crippen molar-refractivity contribution in [1.29, 1.82) is 0 Å². The van der Waals surface area contributed by atoms with E-state index in [-0.39, 0.29) is 18.1 Å². The molecule has 1 heteroatoms. The molecule has 0 aliphatic heterocycles. The van der Waals surface area contributed by atoms with E-state index in [1.54, 1.807) is 6.07 Å². The van der Waals surface area contributed by atoms with Crippen LogP contribution in [-0.2, 0) is 0 Å². The van der Waals surface area contributed by atoms with Crippen molar-refractivity contribution in [2.45, 2.75) is 0 Å². The highest BCUT2D eigenvalue weighted by atomic mass is 16.3. The molecule has 1 aromatic heterocycles. The number of furan rings is 1. The van der Waals surface area contributed by atoms with Crippen molar-refractivity contribution in [3.63, 3.8) is 0 Å². The van der Waals surface area contributed by atoms with Crippen LogP contribution in [0.25, 0.3) is 87.6 Å². The SMILES string of the molecule is [2H]c1cc([2H])c(-c2c3ccccc3c(-c3cccc4oc5cc6ccccc6cc5c34)c3ccccc23)c([2H])c1-c1ccccc1. The summed E-state index contributed by atoms with van der Waals surface area (Å²) in [5.74, 6) is 0. The molecule has 0 saturated heterocycles. The summed E-state index contributed by atoms with van der Waals surface area (Å²) in [5, 5.41) is 8.44. The molecule has 0 unspecified atom stereocenters. The van der Waals surface area contributed by atoms with E-state index in [0.29, 0.717) is 11.1 Å². The molecule has 0 radical (unpaired) electrons. The van der Waals surface area contributed by atoms with Gasteiger partial charge in [0.15, 0.2) is 0 Å². The maximum Gasteiger partial charge on any atom is 0.136 e. The summed E-state index contributed by atoms with van der Waals surface area (Å²) in [7, 11) is 0. The highest BCUT2D eigenvalue weighted by Gasteiger charge is 2.20. The fourth-order valence-corrected chi connectivity index (χ4v) is 6.68. The maximum atomic E-state index is 9.46. The first-order valence-electron chi connectivity index (χ1n) is 16.0. The Bertz CT molecular complexity index is 2610. The lowest BCUT2D eigenvalue weighted by Crippen LogP contribution is -1.91. The molecule has 0 spiro atoms. The van der Waals surface area contributed by atoms with Crippen LogP contribution < -0.4 is 0 Å². The normalized spacial score (nSPS) is 12.7. The topological polar surface area (TPSA) is 13.1 Å². The molecule has 9 aromatic rings. The number of fused-ring (bicyclic) bond motifs is 6. The van der Waals surface area contributed by atoms with Crippen LogP contribution in [0.15, 0.2) is 162 Å². The van der Waals surface area contributed by atoms with E-state index in [9.17, 15) is 1.37 Å². The monoisotopic (exact) mass is 549 g/mol. The predicted molar refractivity (Wildman–Crippen MR) is 183 cm³/mol. The van der Waals surface area contributed by atoms with E-state index < -0.39 is 0 Å². The summed E-state index contributed by atoms with van der Waals surface area (Å²) < 4.78 is 33.8. The lowest BCUT2D eigenvalue weighted by atomic mass is 9.84. The first kappa shape index (κ1) is 21.1. The second-order valence-corrected chi connectivity index (χ2v) is 11.0. The fraction of sp³-hybridized carbons (Fsp3) is 0. The minimum Gasteiger partial charge on any atom is -0.456 e. The third-order valence-electron chi connectivity index (χ3n) is 8.56. The van der Waals surface area contributed by atoms with Gasteiger partial charge in [-0.15, -0.1) is 0 Å². The minimum absolute atomic E-state index is 0.174. The van der Waals surface area contributed by atoms with Crippen molar-refractivity contribution >= 4 is 54.3 Å². The highest BCUT2D eigenvalue weighted by molar-refractivity contribution is 6.26. The molecule has 0 amide bonds. The van der Waals surface area contributed by atoms with Gasteiger partial charge in [-0.3, -0.25) is 0 Å². The van der Waals surface area contributed by atoms with E-state index in [1.807, 2.05) is 54.6 Å². The van der Waals surface area contributed by atoms with Gasteiger partial charge in [0.25, 0.3) is 0 Å². The first-order valence-corrected chi connectivity index (χ1v) is 14.5. The van der Waals surface area contributed by atoms with Crippen LogP contribution in [0.3, 0.4) is 0 Å². The highest BCUT2D eigenvalue weighted by Crippen LogP contribution is 2.47. The molecule has 0 fully saturated rings. The Balaban J connectivity index is 1.42. The summed E-state index contributed by atoms with van der Waals surface area (Å²) >= 11 is 0. The van der Waals surface area contributed by atoms with E-state index in [4.69, 9.17) is 7.16 Å². The Kier molecular flexibility index (Phi) is 4.63. The van der Waals surface area contributed by atoms with Gasteiger partial charge < -0.3 is 4.42 Å². The van der Waals surface area contributed by atoms with Gasteiger partial charge in [0.2, 0.25) is 0 Å². The van der Waals surface area contributed by atoms with Gasteiger partial charge in [-0.25, -0.2) is 0 Å². The molecule has 0 saturated carbocycles. The molecule has 9 rings (SSSR count). The minimum atomic E-state index is 0.174. The lowest BCUT2D eigenvalue weighted by molar-refractivity contribution is 0.669. The van der Waals surface area contributed by atoms with E-state index in [0.717, 1.165) is 76.5 Å².